The van der Waals surface area contributed by atoms with Gasteiger partial charge in [0, 0.05) is 31.6 Å². The zero-order chi connectivity index (χ0) is 22.2. The second-order valence-electron chi connectivity index (χ2n) is 8.21. The van der Waals surface area contributed by atoms with Crippen LogP contribution in [-0.2, 0) is 22.7 Å². The van der Waals surface area contributed by atoms with E-state index in [1.54, 1.807) is 6.26 Å². The molecule has 0 radical (unpaired) electrons. The minimum Gasteiger partial charge on any atom is -0.467 e. The summed E-state index contributed by atoms with van der Waals surface area (Å²) in [7, 11) is 0. The van der Waals surface area contributed by atoms with Gasteiger partial charge in [-0.05, 0) is 30.2 Å². The average molecular weight is 435 g/mol. The van der Waals surface area contributed by atoms with Crippen LogP contribution in [0, 0.1) is 6.92 Å². The Balaban J connectivity index is 1.33. The average Bonchev–Trinajstić information content (AvgIpc) is 3.47. The molecule has 1 aliphatic heterocycles. The van der Waals surface area contributed by atoms with Crippen molar-refractivity contribution in [3.05, 3.63) is 95.4 Å². The summed E-state index contributed by atoms with van der Waals surface area (Å²) in [5, 5.41) is 15.0. The molecule has 2 aromatic carbocycles. The number of benzene rings is 2. The van der Waals surface area contributed by atoms with Crippen molar-refractivity contribution in [3.8, 4) is 0 Å². The fourth-order valence-corrected chi connectivity index (χ4v) is 3.96. The van der Waals surface area contributed by atoms with Gasteiger partial charge in [-0.2, -0.15) is 0 Å². The molecular weight excluding hydrogens is 404 g/mol. The molecule has 0 bridgehead atoms. The van der Waals surface area contributed by atoms with Crippen LogP contribution in [0.3, 0.4) is 0 Å². The molecule has 1 aromatic heterocycles. The maximum Gasteiger partial charge on any atom is 0.145 e. The van der Waals surface area contributed by atoms with E-state index < -0.39 is 6.10 Å². The molecule has 168 valence electrons. The van der Waals surface area contributed by atoms with E-state index in [9.17, 15) is 5.11 Å². The molecule has 2 heterocycles. The SMILES string of the molecule is Cc1ccccc1C1=NO[C@H](CN(Cc2ccccc2)C[C@H](O)COCc2ccco2)C1. The van der Waals surface area contributed by atoms with Crippen molar-refractivity contribution in [1.82, 2.24) is 4.90 Å². The van der Waals surface area contributed by atoms with Gasteiger partial charge in [-0.3, -0.25) is 4.90 Å². The van der Waals surface area contributed by atoms with Gasteiger partial charge in [-0.15, -0.1) is 0 Å². The number of hydrogen-bond donors (Lipinski definition) is 1. The summed E-state index contributed by atoms with van der Waals surface area (Å²) in [4.78, 5) is 7.98. The number of ether oxygens (including phenoxy) is 1. The van der Waals surface area contributed by atoms with Crippen LogP contribution in [0.4, 0.5) is 0 Å². The van der Waals surface area contributed by atoms with E-state index >= 15 is 0 Å². The van der Waals surface area contributed by atoms with Crippen LogP contribution in [0.15, 0.2) is 82.6 Å². The van der Waals surface area contributed by atoms with Crippen molar-refractivity contribution >= 4 is 5.71 Å². The zero-order valence-electron chi connectivity index (χ0n) is 18.4. The van der Waals surface area contributed by atoms with Gasteiger partial charge in [0.05, 0.1) is 24.7 Å². The lowest BCUT2D eigenvalue weighted by atomic mass is 10.00. The van der Waals surface area contributed by atoms with Crippen molar-refractivity contribution in [2.24, 2.45) is 5.16 Å². The van der Waals surface area contributed by atoms with Crippen LogP contribution in [0.2, 0.25) is 0 Å². The highest BCUT2D eigenvalue weighted by molar-refractivity contribution is 6.02. The Morgan fingerprint density at radius 2 is 1.91 bits per heavy atom. The standard InChI is InChI=1S/C26H30N2O4/c1-20-8-5-6-12-25(20)26-14-24(32-27-26)17-28(15-21-9-3-2-4-10-21)16-22(29)18-30-19-23-11-7-13-31-23/h2-13,22,24,29H,14-19H2,1H3/t22-,24-/m0/s1. The minimum absolute atomic E-state index is 0.0513. The van der Waals surface area contributed by atoms with Gasteiger partial charge in [-0.25, -0.2) is 0 Å². The fourth-order valence-electron chi connectivity index (χ4n) is 3.96. The summed E-state index contributed by atoms with van der Waals surface area (Å²) in [6.07, 6.45) is 1.70. The Labute approximate surface area is 189 Å². The number of furan rings is 1. The molecule has 6 nitrogen and oxygen atoms in total. The first kappa shape index (κ1) is 22.3. The third-order valence-electron chi connectivity index (χ3n) is 5.50. The number of oxime groups is 1. The van der Waals surface area contributed by atoms with Gasteiger partial charge in [0.15, 0.2) is 0 Å². The highest BCUT2D eigenvalue weighted by atomic mass is 16.6. The Morgan fingerprint density at radius 1 is 1.09 bits per heavy atom. The number of aliphatic hydroxyl groups is 1. The zero-order valence-corrected chi connectivity index (χ0v) is 18.4. The maximum absolute atomic E-state index is 10.6. The van der Waals surface area contributed by atoms with Crippen molar-refractivity contribution in [3.63, 3.8) is 0 Å². The Hall–Kier alpha value is -2.93. The molecule has 1 N–H and O–H groups in total. The summed E-state index contributed by atoms with van der Waals surface area (Å²) in [6.45, 7) is 4.54. The lowest BCUT2D eigenvalue weighted by Crippen LogP contribution is -2.39. The van der Waals surface area contributed by atoms with E-state index in [0.29, 0.717) is 19.7 Å². The molecule has 0 fully saturated rings. The predicted molar refractivity (Wildman–Crippen MR) is 123 cm³/mol. The van der Waals surface area contributed by atoms with E-state index in [1.165, 1.54) is 11.1 Å². The lowest BCUT2D eigenvalue weighted by molar-refractivity contribution is -0.00955. The molecule has 4 rings (SSSR count). The number of nitrogens with zero attached hydrogens (tertiary/aromatic N) is 2. The number of aryl methyl sites for hydroxylation is 1. The van der Waals surface area contributed by atoms with Gasteiger partial charge in [0.25, 0.3) is 0 Å². The quantitative estimate of drug-likeness (QED) is 0.491. The number of hydrogen-bond acceptors (Lipinski definition) is 6. The molecule has 2 atom stereocenters. The smallest absolute Gasteiger partial charge is 0.145 e. The second-order valence-corrected chi connectivity index (χ2v) is 8.21. The van der Waals surface area contributed by atoms with E-state index in [1.807, 2.05) is 42.5 Å². The second kappa shape index (κ2) is 11.1. The molecule has 32 heavy (non-hydrogen) atoms. The first-order valence-electron chi connectivity index (χ1n) is 11.0. The van der Waals surface area contributed by atoms with Crippen LogP contribution in [-0.4, -0.2) is 47.6 Å². The molecule has 0 unspecified atom stereocenters. The summed E-state index contributed by atoms with van der Waals surface area (Å²) >= 11 is 0. The third kappa shape index (κ3) is 6.29. The first-order chi connectivity index (χ1) is 15.7. The van der Waals surface area contributed by atoms with Gasteiger partial charge in [-0.1, -0.05) is 59.8 Å². The maximum atomic E-state index is 10.6. The molecule has 3 aromatic rings. The van der Waals surface area contributed by atoms with Crippen molar-refractivity contribution in [1.29, 1.82) is 0 Å². The Kier molecular flexibility index (Phi) is 7.72. The third-order valence-corrected chi connectivity index (χ3v) is 5.50. The Morgan fingerprint density at radius 3 is 2.69 bits per heavy atom. The van der Waals surface area contributed by atoms with E-state index in [-0.39, 0.29) is 12.7 Å². The van der Waals surface area contributed by atoms with Crippen LogP contribution in [0.25, 0.3) is 0 Å². The molecule has 0 amide bonds. The van der Waals surface area contributed by atoms with E-state index in [4.69, 9.17) is 14.0 Å². The van der Waals surface area contributed by atoms with Crippen molar-refractivity contribution in [2.75, 3.05) is 19.7 Å². The molecule has 0 aliphatic carbocycles. The van der Waals surface area contributed by atoms with E-state index in [2.05, 4.69) is 41.2 Å². The van der Waals surface area contributed by atoms with E-state index in [0.717, 1.165) is 30.0 Å². The van der Waals surface area contributed by atoms with Crippen molar-refractivity contribution < 1.29 is 19.1 Å². The largest absolute Gasteiger partial charge is 0.467 e. The highest BCUT2D eigenvalue weighted by Gasteiger charge is 2.26. The molecule has 0 spiro atoms. The summed E-state index contributed by atoms with van der Waals surface area (Å²) < 4.78 is 10.9. The highest BCUT2D eigenvalue weighted by Crippen LogP contribution is 2.21. The lowest BCUT2D eigenvalue weighted by Gasteiger charge is -2.27. The van der Waals surface area contributed by atoms with Crippen LogP contribution in [0.1, 0.15) is 28.9 Å². The molecular formula is C26H30N2O4. The Bertz CT molecular complexity index is 988. The van der Waals surface area contributed by atoms with Crippen LogP contribution in [0.5, 0.6) is 0 Å². The van der Waals surface area contributed by atoms with Gasteiger partial charge in [0.2, 0.25) is 0 Å². The normalized spacial score (nSPS) is 16.7. The summed E-state index contributed by atoms with van der Waals surface area (Å²) in [6, 6.07) is 22.2. The van der Waals surface area contributed by atoms with Crippen LogP contribution < -0.4 is 0 Å². The fraction of sp³-hybridized carbons (Fsp3) is 0.346. The summed E-state index contributed by atoms with van der Waals surface area (Å²) in [5.74, 6) is 0.749. The summed E-state index contributed by atoms with van der Waals surface area (Å²) in [5.41, 5.74) is 4.50. The van der Waals surface area contributed by atoms with Gasteiger partial charge in [0.1, 0.15) is 18.5 Å². The van der Waals surface area contributed by atoms with Crippen LogP contribution >= 0.6 is 0 Å². The van der Waals surface area contributed by atoms with Crippen molar-refractivity contribution in [2.45, 2.75) is 38.7 Å². The number of aliphatic hydroxyl groups excluding tert-OH is 1. The molecule has 1 aliphatic rings. The topological polar surface area (TPSA) is 67.4 Å². The van der Waals surface area contributed by atoms with Gasteiger partial charge >= 0.3 is 0 Å². The molecule has 0 saturated heterocycles. The minimum atomic E-state index is -0.619. The molecule has 0 saturated carbocycles. The number of rotatable bonds is 11. The molecule has 6 heteroatoms. The predicted octanol–water partition coefficient (Wildman–Crippen LogP) is 4.16. The van der Waals surface area contributed by atoms with Gasteiger partial charge < -0.3 is 19.1 Å². The monoisotopic (exact) mass is 434 g/mol. The first-order valence-corrected chi connectivity index (χ1v) is 11.0.